The van der Waals surface area contributed by atoms with E-state index in [0.717, 1.165) is 23.5 Å². The van der Waals surface area contributed by atoms with E-state index in [0.29, 0.717) is 19.0 Å². The number of ether oxygens (including phenoxy) is 1. The highest BCUT2D eigenvalue weighted by Gasteiger charge is 2.24. The second-order valence-electron chi connectivity index (χ2n) is 6.63. The maximum atomic E-state index is 10.5. The zero-order valence-corrected chi connectivity index (χ0v) is 14.4. The lowest BCUT2D eigenvalue weighted by atomic mass is 9.99. The van der Waals surface area contributed by atoms with E-state index in [1.54, 1.807) is 17.8 Å². The van der Waals surface area contributed by atoms with Crippen molar-refractivity contribution in [2.75, 3.05) is 13.2 Å². The topological polar surface area (TPSA) is 59.3 Å². The largest absolute Gasteiger partial charge is 0.493 e. The lowest BCUT2D eigenvalue weighted by molar-refractivity contribution is 0.0566. The number of nitrogens with one attached hydrogen (secondary N) is 1. The van der Waals surface area contributed by atoms with Crippen LogP contribution in [0.2, 0.25) is 0 Å². The molecule has 5 heteroatoms. The third-order valence-electron chi connectivity index (χ3n) is 3.63. The van der Waals surface area contributed by atoms with E-state index in [9.17, 15) is 5.11 Å². The fourth-order valence-electron chi connectivity index (χ4n) is 2.22. The van der Waals surface area contributed by atoms with Crippen molar-refractivity contribution < 1.29 is 9.84 Å². The first kappa shape index (κ1) is 17.5. The monoisotopic (exact) mass is 317 g/mol. The molecule has 0 radical (unpaired) electrons. The molecular formula is C18H27N3O2. The van der Waals surface area contributed by atoms with Gasteiger partial charge in [0.05, 0.1) is 12.8 Å². The van der Waals surface area contributed by atoms with Crippen LogP contribution in [0.4, 0.5) is 0 Å². The third-order valence-corrected chi connectivity index (χ3v) is 3.63. The lowest BCUT2D eigenvalue weighted by Crippen LogP contribution is -2.34. The molecule has 2 aromatic rings. The summed E-state index contributed by atoms with van der Waals surface area (Å²) < 4.78 is 7.37. The Morgan fingerprint density at radius 2 is 2.00 bits per heavy atom. The van der Waals surface area contributed by atoms with Crippen LogP contribution in [0, 0.1) is 5.92 Å². The fraction of sp³-hybridized carbons (Fsp3) is 0.500. The van der Waals surface area contributed by atoms with Crippen LogP contribution in [0.25, 0.3) is 0 Å². The predicted molar refractivity (Wildman–Crippen MR) is 91.3 cm³/mol. The maximum absolute atomic E-state index is 10.5. The van der Waals surface area contributed by atoms with Gasteiger partial charge in [-0.25, -0.2) is 0 Å². The number of aliphatic hydroxyl groups is 1. The molecule has 0 aliphatic carbocycles. The summed E-state index contributed by atoms with van der Waals surface area (Å²) in [4.78, 5) is 0. The molecule has 0 amide bonds. The highest BCUT2D eigenvalue weighted by molar-refractivity contribution is 5.27. The van der Waals surface area contributed by atoms with Gasteiger partial charge in [-0.15, -0.1) is 0 Å². The van der Waals surface area contributed by atoms with Gasteiger partial charge in [0.15, 0.2) is 0 Å². The Balaban J connectivity index is 1.81. The van der Waals surface area contributed by atoms with Gasteiger partial charge in [-0.2, -0.15) is 5.10 Å². The van der Waals surface area contributed by atoms with E-state index in [-0.39, 0.29) is 0 Å². The summed E-state index contributed by atoms with van der Waals surface area (Å²) in [7, 11) is 1.84. The first-order valence-corrected chi connectivity index (χ1v) is 8.01. The normalized spacial score (nSPS) is 14.0. The molecule has 23 heavy (non-hydrogen) atoms. The second-order valence-corrected chi connectivity index (χ2v) is 6.63. The molecule has 2 N–H and O–H groups in total. The molecule has 0 saturated carbocycles. The van der Waals surface area contributed by atoms with Crippen LogP contribution in [0.3, 0.4) is 0 Å². The SMILES string of the molecule is CC(C)COc1ccc(CNCC(C)(O)c2cnn(C)c2)cc1. The summed E-state index contributed by atoms with van der Waals surface area (Å²) in [6.45, 7) is 7.94. The van der Waals surface area contributed by atoms with Gasteiger partial charge >= 0.3 is 0 Å². The van der Waals surface area contributed by atoms with Gasteiger partial charge in [0.2, 0.25) is 0 Å². The van der Waals surface area contributed by atoms with E-state index in [1.807, 2.05) is 37.5 Å². The Bertz CT molecular complexity index is 603. The van der Waals surface area contributed by atoms with Crippen molar-refractivity contribution in [3.63, 3.8) is 0 Å². The number of hydrogen-bond donors (Lipinski definition) is 2. The molecule has 1 aromatic heterocycles. The molecule has 0 spiro atoms. The molecule has 5 nitrogen and oxygen atoms in total. The third kappa shape index (κ3) is 5.37. The smallest absolute Gasteiger partial charge is 0.119 e. The van der Waals surface area contributed by atoms with Crippen LogP contribution < -0.4 is 10.1 Å². The minimum Gasteiger partial charge on any atom is -0.493 e. The predicted octanol–water partition coefficient (Wildman–Crippen LogP) is 2.45. The summed E-state index contributed by atoms with van der Waals surface area (Å²) in [6, 6.07) is 8.06. The summed E-state index contributed by atoms with van der Waals surface area (Å²) in [5.41, 5.74) is 1.03. The molecule has 0 aliphatic rings. The van der Waals surface area contributed by atoms with Crippen LogP contribution in [-0.2, 0) is 19.2 Å². The first-order chi connectivity index (χ1) is 10.9. The number of benzene rings is 1. The summed E-state index contributed by atoms with van der Waals surface area (Å²) in [6.07, 6.45) is 3.53. The van der Waals surface area contributed by atoms with Gasteiger partial charge in [-0.05, 0) is 30.5 Å². The van der Waals surface area contributed by atoms with Crippen molar-refractivity contribution in [2.45, 2.75) is 32.9 Å². The Hall–Kier alpha value is -1.85. The second kappa shape index (κ2) is 7.62. The molecule has 1 unspecified atom stereocenters. The minimum absolute atomic E-state index is 0.463. The average molecular weight is 317 g/mol. The number of aromatic nitrogens is 2. The first-order valence-electron chi connectivity index (χ1n) is 8.01. The Morgan fingerprint density at radius 1 is 1.30 bits per heavy atom. The maximum Gasteiger partial charge on any atom is 0.119 e. The zero-order chi connectivity index (χ0) is 16.9. The number of rotatable bonds is 8. The number of nitrogens with zero attached hydrogens (tertiary/aromatic N) is 2. The van der Waals surface area contributed by atoms with Gasteiger partial charge in [-0.1, -0.05) is 26.0 Å². The van der Waals surface area contributed by atoms with Crippen molar-refractivity contribution in [3.8, 4) is 5.75 Å². The number of hydrogen-bond acceptors (Lipinski definition) is 4. The van der Waals surface area contributed by atoms with E-state index >= 15 is 0 Å². The van der Waals surface area contributed by atoms with Gasteiger partial charge in [0.1, 0.15) is 11.4 Å². The Morgan fingerprint density at radius 3 is 2.57 bits per heavy atom. The molecule has 0 saturated heterocycles. The van der Waals surface area contributed by atoms with Crippen LogP contribution in [0.1, 0.15) is 31.9 Å². The number of aryl methyl sites for hydroxylation is 1. The van der Waals surface area contributed by atoms with Crippen molar-refractivity contribution in [3.05, 3.63) is 47.8 Å². The Kier molecular flexibility index (Phi) is 5.80. The highest BCUT2D eigenvalue weighted by atomic mass is 16.5. The highest BCUT2D eigenvalue weighted by Crippen LogP contribution is 2.19. The van der Waals surface area contributed by atoms with Gasteiger partial charge in [-0.3, -0.25) is 4.68 Å². The van der Waals surface area contributed by atoms with Gasteiger partial charge in [0.25, 0.3) is 0 Å². The molecule has 1 aromatic carbocycles. The van der Waals surface area contributed by atoms with E-state index in [1.165, 1.54) is 0 Å². The van der Waals surface area contributed by atoms with E-state index in [2.05, 4.69) is 24.3 Å². The standard InChI is InChI=1S/C18H27N3O2/c1-14(2)12-23-17-7-5-15(6-8-17)9-19-13-18(3,22)16-10-20-21(4)11-16/h5-8,10-11,14,19,22H,9,12-13H2,1-4H3. The van der Waals surface area contributed by atoms with Crippen molar-refractivity contribution in [1.29, 1.82) is 0 Å². The van der Waals surface area contributed by atoms with Crippen LogP contribution in [0.5, 0.6) is 5.75 Å². The van der Waals surface area contributed by atoms with Crippen LogP contribution in [-0.4, -0.2) is 28.0 Å². The van der Waals surface area contributed by atoms with E-state index < -0.39 is 5.60 Å². The van der Waals surface area contributed by atoms with Gasteiger partial charge < -0.3 is 15.2 Å². The molecule has 1 atom stereocenters. The van der Waals surface area contributed by atoms with Crippen LogP contribution >= 0.6 is 0 Å². The lowest BCUT2D eigenvalue weighted by Gasteiger charge is -2.22. The summed E-state index contributed by atoms with van der Waals surface area (Å²) in [5.74, 6) is 1.41. The van der Waals surface area contributed by atoms with Crippen molar-refractivity contribution in [1.82, 2.24) is 15.1 Å². The molecule has 0 aliphatic heterocycles. The van der Waals surface area contributed by atoms with Crippen molar-refractivity contribution >= 4 is 0 Å². The molecule has 0 fully saturated rings. The van der Waals surface area contributed by atoms with Gasteiger partial charge in [0, 0.05) is 31.9 Å². The van der Waals surface area contributed by atoms with E-state index in [4.69, 9.17) is 4.74 Å². The van der Waals surface area contributed by atoms with Crippen molar-refractivity contribution in [2.24, 2.45) is 13.0 Å². The minimum atomic E-state index is -0.936. The molecule has 0 bridgehead atoms. The van der Waals surface area contributed by atoms with Crippen LogP contribution in [0.15, 0.2) is 36.7 Å². The zero-order valence-electron chi connectivity index (χ0n) is 14.4. The quantitative estimate of drug-likeness (QED) is 0.785. The summed E-state index contributed by atoms with van der Waals surface area (Å²) in [5, 5.41) is 17.9. The summed E-state index contributed by atoms with van der Waals surface area (Å²) >= 11 is 0. The molecule has 1 heterocycles. The molecular weight excluding hydrogens is 290 g/mol. The molecule has 2 rings (SSSR count). The molecule has 126 valence electrons. The fourth-order valence-corrected chi connectivity index (χ4v) is 2.22. The Labute approximate surface area is 138 Å². The average Bonchev–Trinajstić information content (AvgIpc) is 2.94.